The molecule has 0 unspecified atom stereocenters. The van der Waals surface area contributed by atoms with Crippen molar-refractivity contribution in [2.45, 2.75) is 19.8 Å². The summed E-state index contributed by atoms with van der Waals surface area (Å²) in [6, 6.07) is 4.71. The molecule has 1 heterocycles. The maximum atomic E-state index is 11.2. The van der Waals surface area contributed by atoms with Crippen molar-refractivity contribution >= 4 is 16.9 Å². The number of H-pyrrole nitrogens is 1. The maximum absolute atomic E-state index is 11.2. The van der Waals surface area contributed by atoms with Crippen LogP contribution >= 0.6 is 0 Å². The van der Waals surface area contributed by atoms with Gasteiger partial charge in [0.2, 0.25) is 0 Å². The third-order valence-electron chi connectivity index (χ3n) is 2.57. The summed E-state index contributed by atoms with van der Waals surface area (Å²) in [5, 5.41) is 19.1. The quantitative estimate of drug-likeness (QED) is 0.742. The van der Waals surface area contributed by atoms with Crippen molar-refractivity contribution in [3.05, 3.63) is 29.5 Å². The van der Waals surface area contributed by atoms with Gasteiger partial charge in [0.25, 0.3) is 0 Å². The van der Waals surface area contributed by atoms with Crippen LogP contribution in [0.2, 0.25) is 0 Å². The van der Waals surface area contributed by atoms with E-state index in [4.69, 9.17) is 5.11 Å². The van der Waals surface area contributed by atoms with Crippen LogP contribution in [-0.2, 0) is 6.42 Å². The number of benzene rings is 1. The highest BCUT2D eigenvalue weighted by Crippen LogP contribution is 2.26. The number of rotatable bonds is 3. The first-order valence-electron chi connectivity index (χ1n) is 5.20. The topological polar surface area (TPSA) is 73.3 Å². The number of fused-ring (bicyclic) bond motifs is 1. The number of aromatic hydroxyl groups is 1. The van der Waals surface area contributed by atoms with Gasteiger partial charge in [-0.15, -0.1) is 0 Å². The molecule has 0 aliphatic carbocycles. The van der Waals surface area contributed by atoms with Crippen molar-refractivity contribution in [3.63, 3.8) is 0 Å². The number of aromatic nitrogens is 1. The lowest BCUT2D eigenvalue weighted by molar-refractivity contribution is 0.0698. The maximum Gasteiger partial charge on any atom is 0.338 e. The highest BCUT2D eigenvalue weighted by Gasteiger charge is 2.17. The summed E-state index contributed by atoms with van der Waals surface area (Å²) in [7, 11) is 0. The van der Waals surface area contributed by atoms with E-state index >= 15 is 0 Å². The van der Waals surface area contributed by atoms with Gasteiger partial charge < -0.3 is 15.2 Å². The molecule has 0 fully saturated rings. The first-order valence-corrected chi connectivity index (χ1v) is 5.20. The number of carbonyl (C=O) groups is 1. The van der Waals surface area contributed by atoms with Gasteiger partial charge in [-0.2, -0.15) is 0 Å². The zero-order valence-corrected chi connectivity index (χ0v) is 8.95. The second-order valence-electron chi connectivity index (χ2n) is 3.76. The van der Waals surface area contributed by atoms with Crippen molar-refractivity contribution in [2.75, 3.05) is 0 Å². The first kappa shape index (κ1) is 10.5. The third-order valence-corrected chi connectivity index (χ3v) is 2.57. The molecule has 0 radical (unpaired) electrons. The zero-order valence-electron chi connectivity index (χ0n) is 8.95. The molecule has 0 amide bonds. The van der Waals surface area contributed by atoms with Crippen LogP contribution in [0.25, 0.3) is 10.9 Å². The molecule has 2 aromatic rings. The normalized spacial score (nSPS) is 10.8. The minimum Gasteiger partial charge on any atom is -0.508 e. The van der Waals surface area contributed by atoms with E-state index in [2.05, 4.69) is 4.98 Å². The van der Waals surface area contributed by atoms with Gasteiger partial charge >= 0.3 is 5.97 Å². The van der Waals surface area contributed by atoms with E-state index in [0.717, 1.165) is 17.6 Å². The van der Waals surface area contributed by atoms with Gasteiger partial charge in [-0.3, -0.25) is 0 Å². The highest BCUT2D eigenvalue weighted by atomic mass is 16.4. The van der Waals surface area contributed by atoms with Gasteiger partial charge in [0, 0.05) is 16.6 Å². The van der Waals surface area contributed by atoms with E-state index in [1.54, 1.807) is 12.1 Å². The van der Waals surface area contributed by atoms with Gasteiger partial charge in [-0.05, 0) is 24.6 Å². The molecule has 0 saturated heterocycles. The molecule has 0 aliphatic rings. The first-order chi connectivity index (χ1) is 7.63. The second kappa shape index (κ2) is 3.89. The summed E-state index contributed by atoms with van der Waals surface area (Å²) in [6.07, 6.45) is 1.57. The number of phenolic OH excluding ortho intramolecular Hbond substituents is 1. The predicted octanol–water partition coefficient (Wildman–Crippen LogP) is 2.52. The molecular weight excluding hydrogens is 206 g/mol. The SMILES string of the molecule is CCCc1[nH]c2ccc(O)cc2c1C(=O)O. The molecule has 0 aliphatic heterocycles. The van der Waals surface area contributed by atoms with Gasteiger partial charge in [0.05, 0.1) is 5.56 Å². The van der Waals surface area contributed by atoms with E-state index in [1.165, 1.54) is 6.07 Å². The molecule has 16 heavy (non-hydrogen) atoms. The van der Waals surface area contributed by atoms with E-state index in [0.29, 0.717) is 11.8 Å². The van der Waals surface area contributed by atoms with Crippen LogP contribution < -0.4 is 0 Å². The molecule has 1 aromatic carbocycles. The molecule has 0 atom stereocenters. The monoisotopic (exact) mass is 219 g/mol. The average Bonchev–Trinajstić information content (AvgIpc) is 2.55. The zero-order chi connectivity index (χ0) is 11.7. The van der Waals surface area contributed by atoms with Gasteiger partial charge in [-0.25, -0.2) is 4.79 Å². The number of aromatic amines is 1. The Morgan fingerprint density at radius 3 is 2.81 bits per heavy atom. The second-order valence-corrected chi connectivity index (χ2v) is 3.76. The summed E-state index contributed by atoms with van der Waals surface area (Å²) < 4.78 is 0. The molecular formula is C12H13NO3. The molecule has 0 saturated carbocycles. The fraction of sp³-hybridized carbons (Fsp3) is 0.250. The summed E-state index contributed by atoms with van der Waals surface area (Å²) in [5.41, 5.74) is 1.74. The summed E-state index contributed by atoms with van der Waals surface area (Å²) in [5.74, 6) is -0.877. The number of hydrogen-bond acceptors (Lipinski definition) is 2. The lowest BCUT2D eigenvalue weighted by Gasteiger charge is -1.97. The molecule has 2 rings (SSSR count). The van der Waals surface area contributed by atoms with Crippen LogP contribution in [0.1, 0.15) is 29.4 Å². The molecule has 0 spiro atoms. The van der Waals surface area contributed by atoms with Crippen molar-refractivity contribution in [3.8, 4) is 5.75 Å². The van der Waals surface area contributed by atoms with Crippen LogP contribution in [0, 0.1) is 0 Å². The molecule has 4 heteroatoms. The molecule has 0 bridgehead atoms. The molecule has 3 N–H and O–H groups in total. The average molecular weight is 219 g/mol. The minimum absolute atomic E-state index is 0.0806. The standard InChI is InChI=1S/C12H13NO3/c1-2-3-10-11(12(15)16)8-6-7(14)4-5-9(8)13-10/h4-6,13-14H,2-3H2,1H3,(H,15,16). The Morgan fingerprint density at radius 1 is 1.44 bits per heavy atom. The fourth-order valence-electron chi connectivity index (χ4n) is 1.92. The Kier molecular flexibility index (Phi) is 2.56. The molecule has 4 nitrogen and oxygen atoms in total. The van der Waals surface area contributed by atoms with Gasteiger partial charge in [0.1, 0.15) is 5.75 Å². The number of carboxylic acids is 1. The number of aromatic carboxylic acids is 1. The smallest absolute Gasteiger partial charge is 0.338 e. The number of phenols is 1. The lowest BCUT2D eigenvalue weighted by atomic mass is 10.1. The van der Waals surface area contributed by atoms with Crippen molar-refractivity contribution in [1.29, 1.82) is 0 Å². The van der Waals surface area contributed by atoms with Crippen LogP contribution in [0.15, 0.2) is 18.2 Å². The van der Waals surface area contributed by atoms with Crippen LogP contribution in [-0.4, -0.2) is 21.2 Å². The largest absolute Gasteiger partial charge is 0.508 e. The Morgan fingerprint density at radius 2 is 2.19 bits per heavy atom. The third kappa shape index (κ3) is 1.62. The fourth-order valence-corrected chi connectivity index (χ4v) is 1.92. The van der Waals surface area contributed by atoms with Crippen molar-refractivity contribution < 1.29 is 15.0 Å². The highest BCUT2D eigenvalue weighted by molar-refractivity contribution is 6.05. The van der Waals surface area contributed by atoms with Crippen molar-refractivity contribution in [1.82, 2.24) is 4.98 Å². The Labute approximate surface area is 92.5 Å². The van der Waals surface area contributed by atoms with E-state index in [-0.39, 0.29) is 11.3 Å². The van der Waals surface area contributed by atoms with Gasteiger partial charge in [-0.1, -0.05) is 13.3 Å². The van der Waals surface area contributed by atoms with E-state index < -0.39 is 5.97 Å². The number of carboxylic acid groups (broad SMARTS) is 1. The van der Waals surface area contributed by atoms with Crippen LogP contribution in [0.3, 0.4) is 0 Å². The van der Waals surface area contributed by atoms with Crippen molar-refractivity contribution in [2.24, 2.45) is 0 Å². The number of aryl methyl sites for hydroxylation is 1. The summed E-state index contributed by atoms with van der Waals surface area (Å²) in [4.78, 5) is 14.3. The molecule has 84 valence electrons. The molecule has 1 aromatic heterocycles. The van der Waals surface area contributed by atoms with Gasteiger partial charge in [0.15, 0.2) is 0 Å². The number of hydrogen-bond donors (Lipinski definition) is 3. The van der Waals surface area contributed by atoms with Crippen LogP contribution in [0.4, 0.5) is 0 Å². The summed E-state index contributed by atoms with van der Waals surface area (Å²) in [6.45, 7) is 1.99. The Hall–Kier alpha value is -1.97. The number of nitrogens with one attached hydrogen (secondary N) is 1. The van der Waals surface area contributed by atoms with Crippen LogP contribution in [0.5, 0.6) is 5.75 Å². The Bertz CT molecular complexity index is 542. The predicted molar refractivity (Wildman–Crippen MR) is 60.9 cm³/mol. The summed E-state index contributed by atoms with van der Waals surface area (Å²) >= 11 is 0. The lowest BCUT2D eigenvalue weighted by Crippen LogP contribution is -2.00. The Balaban J connectivity index is 2.72. The van der Waals surface area contributed by atoms with E-state index in [9.17, 15) is 9.90 Å². The minimum atomic E-state index is -0.958. The van der Waals surface area contributed by atoms with E-state index in [1.807, 2.05) is 6.92 Å².